The van der Waals surface area contributed by atoms with Crippen molar-refractivity contribution >= 4 is 34.0 Å². The van der Waals surface area contributed by atoms with Gasteiger partial charge in [0.2, 0.25) is 5.91 Å². The van der Waals surface area contributed by atoms with Crippen LogP contribution in [-0.4, -0.2) is 21.6 Å². The van der Waals surface area contributed by atoms with Crippen LogP contribution in [0.4, 0.5) is 11.4 Å². The lowest BCUT2D eigenvalue weighted by atomic mass is 9.83. The number of hydrogen-bond donors (Lipinski definition) is 1. The van der Waals surface area contributed by atoms with E-state index in [9.17, 15) is 19.7 Å². The van der Waals surface area contributed by atoms with Gasteiger partial charge in [0, 0.05) is 41.3 Å². The van der Waals surface area contributed by atoms with E-state index < -0.39 is 11.0 Å². The fraction of sp³-hybridized carbons (Fsp3) is 0.353. The second-order valence-corrected chi connectivity index (χ2v) is 11.5. The molecular weight excluding hydrogens is 514 g/mol. The molecule has 7 heteroatoms. The van der Waals surface area contributed by atoms with Gasteiger partial charge in [-0.1, -0.05) is 76.3 Å². The Kier molecular flexibility index (Phi) is 8.62. The molecule has 1 amide bonds. The molecule has 1 aromatic heterocycles. The van der Waals surface area contributed by atoms with Crippen molar-refractivity contribution in [2.24, 2.45) is 5.92 Å². The molecule has 1 unspecified atom stereocenters. The molecule has 41 heavy (non-hydrogen) atoms. The number of H-pyrrole nitrogens is 1. The monoisotopic (exact) mass is 551 g/mol. The van der Waals surface area contributed by atoms with Gasteiger partial charge in [-0.05, 0) is 58.9 Å². The summed E-state index contributed by atoms with van der Waals surface area (Å²) in [6.45, 7) is 4.23. The molecule has 0 spiro atoms. The number of nitro groups is 1. The van der Waals surface area contributed by atoms with Crippen LogP contribution >= 0.6 is 0 Å². The van der Waals surface area contributed by atoms with Crippen molar-refractivity contribution in [3.8, 4) is 0 Å². The largest absolute Gasteiger partial charge is 0.361 e. The van der Waals surface area contributed by atoms with Crippen molar-refractivity contribution in [3.05, 3.63) is 106 Å². The van der Waals surface area contributed by atoms with E-state index in [0.717, 1.165) is 47.7 Å². The van der Waals surface area contributed by atoms with Gasteiger partial charge < -0.3 is 4.98 Å². The van der Waals surface area contributed by atoms with E-state index >= 15 is 0 Å². The molecule has 1 aliphatic carbocycles. The Balaban J connectivity index is 1.58. The van der Waals surface area contributed by atoms with E-state index in [1.165, 1.54) is 18.6 Å². The van der Waals surface area contributed by atoms with Gasteiger partial charge in [0.1, 0.15) is 6.04 Å². The SMILES string of the molecule is CC(C)c1ccc(N(C(=O)Cc2c[nH]c3ccccc23)C(C(=O)CC2CCCCC2)c2ccc([N+](=O)[O-])cc2)cc1. The highest BCUT2D eigenvalue weighted by Gasteiger charge is 2.34. The molecule has 0 aliphatic heterocycles. The summed E-state index contributed by atoms with van der Waals surface area (Å²) in [5.41, 5.74) is 4.11. The second kappa shape index (κ2) is 12.5. The summed E-state index contributed by atoms with van der Waals surface area (Å²) in [4.78, 5) is 44.3. The highest BCUT2D eigenvalue weighted by molar-refractivity contribution is 6.04. The number of carbonyl (C=O) groups excluding carboxylic acids is 2. The lowest BCUT2D eigenvalue weighted by molar-refractivity contribution is -0.384. The summed E-state index contributed by atoms with van der Waals surface area (Å²) in [6, 6.07) is 20.9. The first kappa shape index (κ1) is 28.3. The number of anilines is 1. The third-order valence-corrected chi connectivity index (χ3v) is 8.32. The van der Waals surface area contributed by atoms with Gasteiger partial charge in [0.05, 0.1) is 11.3 Å². The fourth-order valence-corrected chi connectivity index (χ4v) is 6.03. The molecule has 7 nitrogen and oxygen atoms in total. The van der Waals surface area contributed by atoms with Gasteiger partial charge in [-0.3, -0.25) is 24.6 Å². The molecule has 0 bridgehead atoms. The molecule has 1 saturated carbocycles. The number of aromatic amines is 1. The van der Waals surface area contributed by atoms with Crippen molar-refractivity contribution in [2.45, 2.75) is 70.8 Å². The Labute approximate surface area is 240 Å². The van der Waals surface area contributed by atoms with Gasteiger partial charge in [-0.25, -0.2) is 0 Å². The van der Waals surface area contributed by atoms with E-state index in [-0.39, 0.29) is 29.7 Å². The van der Waals surface area contributed by atoms with Crippen LogP contribution in [0.3, 0.4) is 0 Å². The van der Waals surface area contributed by atoms with Crippen molar-refractivity contribution in [1.82, 2.24) is 4.98 Å². The number of non-ortho nitro benzene ring substituents is 1. The lowest BCUT2D eigenvalue weighted by Gasteiger charge is -2.33. The fourth-order valence-electron chi connectivity index (χ4n) is 6.03. The second-order valence-electron chi connectivity index (χ2n) is 11.5. The van der Waals surface area contributed by atoms with E-state index in [2.05, 4.69) is 18.8 Å². The number of hydrogen-bond acceptors (Lipinski definition) is 4. The number of Topliss-reactive ketones (excluding diaryl/α,β-unsaturated/α-hetero) is 1. The average molecular weight is 552 g/mol. The first-order valence-electron chi connectivity index (χ1n) is 14.6. The third kappa shape index (κ3) is 6.40. The molecule has 1 aliphatic rings. The summed E-state index contributed by atoms with van der Waals surface area (Å²) in [6.07, 6.45) is 7.76. The van der Waals surface area contributed by atoms with Crippen LogP contribution in [0.1, 0.15) is 81.0 Å². The molecule has 5 rings (SSSR count). The van der Waals surface area contributed by atoms with Gasteiger partial charge in [0.25, 0.3) is 5.69 Å². The average Bonchev–Trinajstić information content (AvgIpc) is 3.39. The Bertz CT molecular complexity index is 1520. The molecule has 1 atom stereocenters. The summed E-state index contributed by atoms with van der Waals surface area (Å²) >= 11 is 0. The lowest BCUT2D eigenvalue weighted by Crippen LogP contribution is -2.40. The van der Waals surface area contributed by atoms with Crippen LogP contribution in [0.2, 0.25) is 0 Å². The number of nitrogens with zero attached hydrogens (tertiary/aromatic N) is 2. The number of nitrogens with one attached hydrogen (secondary N) is 1. The Morgan fingerprint density at radius 1 is 0.927 bits per heavy atom. The molecule has 212 valence electrons. The third-order valence-electron chi connectivity index (χ3n) is 8.32. The minimum atomic E-state index is -0.889. The zero-order chi connectivity index (χ0) is 28.9. The molecule has 0 saturated heterocycles. The normalized spacial score (nSPS) is 14.7. The van der Waals surface area contributed by atoms with Crippen LogP contribution in [0.25, 0.3) is 10.9 Å². The van der Waals surface area contributed by atoms with E-state index in [1.54, 1.807) is 17.0 Å². The number of para-hydroxylation sites is 1. The van der Waals surface area contributed by atoms with Crippen LogP contribution in [0, 0.1) is 16.0 Å². The van der Waals surface area contributed by atoms with Crippen LogP contribution in [-0.2, 0) is 16.0 Å². The number of ketones is 1. The molecule has 0 radical (unpaired) electrons. The number of fused-ring (bicyclic) bond motifs is 1. The molecular formula is C34H37N3O4. The van der Waals surface area contributed by atoms with Gasteiger partial charge >= 0.3 is 0 Å². The maximum absolute atomic E-state index is 14.3. The number of carbonyl (C=O) groups is 2. The predicted octanol–water partition coefficient (Wildman–Crippen LogP) is 8.06. The minimum Gasteiger partial charge on any atom is -0.361 e. The first-order chi connectivity index (χ1) is 19.8. The molecule has 1 heterocycles. The quantitative estimate of drug-likeness (QED) is 0.159. The van der Waals surface area contributed by atoms with E-state index in [0.29, 0.717) is 23.6 Å². The minimum absolute atomic E-state index is 0.0361. The van der Waals surface area contributed by atoms with Crippen LogP contribution in [0.15, 0.2) is 79.0 Å². The highest BCUT2D eigenvalue weighted by Crippen LogP contribution is 2.35. The Hall–Kier alpha value is -4.26. The molecule has 4 aromatic rings. The number of aromatic nitrogens is 1. The van der Waals surface area contributed by atoms with Crippen molar-refractivity contribution in [2.75, 3.05) is 4.90 Å². The zero-order valence-corrected chi connectivity index (χ0v) is 23.7. The predicted molar refractivity (Wildman–Crippen MR) is 162 cm³/mol. The Morgan fingerprint density at radius 2 is 1.59 bits per heavy atom. The number of benzene rings is 3. The van der Waals surface area contributed by atoms with E-state index in [4.69, 9.17) is 0 Å². The van der Waals surface area contributed by atoms with Gasteiger partial charge in [0.15, 0.2) is 5.78 Å². The molecule has 1 fully saturated rings. The summed E-state index contributed by atoms with van der Waals surface area (Å²) < 4.78 is 0. The van der Waals surface area contributed by atoms with Crippen molar-refractivity contribution < 1.29 is 14.5 Å². The summed E-state index contributed by atoms with van der Waals surface area (Å²) in [5.74, 6) is 0.363. The Morgan fingerprint density at radius 3 is 2.24 bits per heavy atom. The number of nitro benzene ring substituents is 1. The van der Waals surface area contributed by atoms with Crippen LogP contribution < -0.4 is 4.90 Å². The number of amides is 1. The maximum atomic E-state index is 14.3. The first-order valence-corrected chi connectivity index (χ1v) is 14.6. The zero-order valence-electron chi connectivity index (χ0n) is 23.7. The van der Waals surface area contributed by atoms with Gasteiger partial charge in [-0.15, -0.1) is 0 Å². The number of rotatable bonds is 10. The maximum Gasteiger partial charge on any atom is 0.269 e. The van der Waals surface area contributed by atoms with Gasteiger partial charge in [-0.2, -0.15) is 0 Å². The smallest absolute Gasteiger partial charge is 0.269 e. The summed E-state index contributed by atoms with van der Waals surface area (Å²) in [5, 5.41) is 12.4. The highest BCUT2D eigenvalue weighted by atomic mass is 16.6. The molecule has 1 N–H and O–H groups in total. The standard InChI is InChI=1S/C34H37N3O4/c1-23(2)25-12-16-28(17-13-25)36(33(39)21-27-22-35-31-11-7-6-10-30(27)31)34(26-14-18-29(19-15-26)37(40)41)32(38)20-24-8-4-3-5-9-24/h6-7,10-19,22-24,34-35H,3-5,8-9,20-21H2,1-2H3. The summed E-state index contributed by atoms with van der Waals surface area (Å²) in [7, 11) is 0. The van der Waals surface area contributed by atoms with Crippen molar-refractivity contribution in [3.63, 3.8) is 0 Å². The van der Waals surface area contributed by atoms with E-state index in [1.807, 2.05) is 54.7 Å². The molecule has 3 aromatic carbocycles. The topological polar surface area (TPSA) is 96.3 Å². The van der Waals surface area contributed by atoms with Crippen LogP contribution in [0.5, 0.6) is 0 Å². The van der Waals surface area contributed by atoms with Crippen molar-refractivity contribution in [1.29, 1.82) is 0 Å².